The van der Waals surface area contributed by atoms with E-state index in [1.165, 1.54) is 30.5 Å². The summed E-state index contributed by atoms with van der Waals surface area (Å²) >= 11 is 0. The summed E-state index contributed by atoms with van der Waals surface area (Å²) in [6, 6.07) is 10.9. The Hall–Kier alpha value is -0.860. The molecule has 1 aromatic rings. The van der Waals surface area contributed by atoms with E-state index >= 15 is 0 Å². The first kappa shape index (κ1) is 16.5. The zero-order chi connectivity index (χ0) is 15.4. The molecule has 1 saturated heterocycles. The van der Waals surface area contributed by atoms with Gasteiger partial charge in [0.2, 0.25) is 0 Å². The van der Waals surface area contributed by atoms with Crippen molar-refractivity contribution in [1.29, 1.82) is 0 Å². The van der Waals surface area contributed by atoms with E-state index in [2.05, 4.69) is 69.1 Å². The van der Waals surface area contributed by atoms with E-state index in [0.29, 0.717) is 24.0 Å². The van der Waals surface area contributed by atoms with Crippen molar-refractivity contribution in [1.82, 2.24) is 10.2 Å². The third kappa shape index (κ3) is 3.87. The van der Waals surface area contributed by atoms with Crippen LogP contribution in [-0.4, -0.2) is 30.1 Å². The van der Waals surface area contributed by atoms with Gasteiger partial charge >= 0.3 is 0 Å². The number of nitrogens with zero attached hydrogens (tertiary/aromatic N) is 1. The van der Waals surface area contributed by atoms with Gasteiger partial charge in [0, 0.05) is 24.7 Å². The molecule has 4 atom stereocenters. The maximum Gasteiger partial charge on any atom is 0.0322 e. The number of benzene rings is 1. The third-order valence-electron chi connectivity index (χ3n) is 5.33. The predicted molar refractivity (Wildman–Crippen MR) is 91.6 cm³/mol. The highest BCUT2D eigenvalue weighted by molar-refractivity contribution is 5.24. The number of hydrogen-bond donors (Lipinski definition) is 1. The van der Waals surface area contributed by atoms with E-state index in [0.717, 1.165) is 6.54 Å². The van der Waals surface area contributed by atoms with Gasteiger partial charge in [-0.3, -0.25) is 4.90 Å². The number of nitrogens with one attached hydrogen (secondary N) is 1. The molecular formula is C19H32N2. The molecule has 1 heterocycles. The number of likely N-dealkylation sites (tertiary alicyclic amines) is 1. The lowest BCUT2D eigenvalue weighted by atomic mass is 9.85. The van der Waals surface area contributed by atoms with E-state index in [-0.39, 0.29) is 0 Å². The maximum absolute atomic E-state index is 3.73. The molecular weight excluding hydrogens is 256 g/mol. The Bertz CT molecular complexity index is 426. The van der Waals surface area contributed by atoms with E-state index in [9.17, 15) is 0 Å². The van der Waals surface area contributed by atoms with Gasteiger partial charge in [0.05, 0.1) is 0 Å². The number of aryl methyl sites for hydroxylation is 1. The van der Waals surface area contributed by atoms with Crippen LogP contribution in [0.25, 0.3) is 0 Å². The van der Waals surface area contributed by atoms with Crippen LogP contribution in [0.4, 0.5) is 0 Å². The zero-order valence-corrected chi connectivity index (χ0v) is 14.4. The number of rotatable bonds is 5. The average molecular weight is 288 g/mol. The summed E-state index contributed by atoms with van der Waals surface area (Å²) in [5, 5.41) is 3.73. The van der Waals surface area contributed by atoms with Crippen molar-refractivity contribution in [3.8, 4) is 0 Å². The number of piperidine rings is 1. The largest absolute Gasteiger partial charge is 0.314 e. The summed E-state index contributed by atoms with van der Waals surface area (Å²) < 4.78 is 0. The van der Waals surface area contributed by atoms with E-state index in [1.54, 1.807) is 0 Å². The quantitative estimate of drug-likeness (QED) is 0.875. The monoisotopic (exact) mass is 288 g/mol. The minimum Gasteiger partial charge on any atom is -0.314 e. The first-order valence-corrected chi connectivity index (χ1v) is 8.60. The maximum atomic E-state index is 3.73. The molecule has 0 aromatic heterocycles. The van der Waals surface area contributed by atoms with Gasteiger partial charge in [0.25, 0.3) is 0 Å². The summed E-state index contributed by atoms with van der Waals surface area (Å²) in [6.07, 6.45) is 2.49. The average Bonchev–Trinajstić information content (AvgIpc) is 2.49. The minimum atomic E-state index is 0.509. The first-order valence-electron chi connectivity index (χ1n) is 8.60. The molecule has 1 aromatic carbocycles. The summed E-state index contributed by atoms with van der Waals surface area (Å²) in [7, 11) is 0. The van der Waals surface area contributed by atoms with Gasteiger partial charge in [0.1, 0.15) is 0 Å². The van der Waals surface area contributed by atoms with E-state index in [4.69, 9.17) is 0 Å². The van der Waals surface area contributed by atoms with Crippen LogP contribution in [0, 0.1) is 12.8 Å². The second-order valence-corrected chi connectivity index (χ2v) is 6.77. The van der Waals surface area contributed by atoms with Gasteiger partial charge < -0.3 is 5.32 Å². The Balaban J connectivity index is 2.02. The summed E-state index contributed by atoms with van der Waals surface area (Å²) in [5.74, 6) is 0.707. The molecule has 1 N–H and O–H groups in total. The van der Waals surface area contributed by atoms with Gasteiger partial charge in [0.15, 0.2) is 0 Å². The van der Waals surface area contributed by atoms with Crippen LogP contribution in [0.1, 0.15) is 57.7 Å². The lowest BCUT2D eigenvalue weighted by Gasteiger charge is -2.46. The van der Waals surface area contributed by atoms with Crippen molar-refractivity contribution in [2.24, 2.45) is 5.92 Å². The van der Waals surface area contributed by atoms with Gasteiger partial charge in [-0.2, -0.15) is 0 Å². The minimum absolute atomic E-state index is 0.509. The molecule has 4 unspecified atom stereocenters. The summed E-state index contributed by atoms with van der Waals surface area (Å²) in [6.45, 7) is 13.9. The SMILES string of the molecule is CCCNC1CCN(C(C)c2ccc(C)cc2)C(C)C1C. The van der Waals surface area contributed by atoms with Crippen LogP contribution >= 0.6 is 0 Å². The highest BCUT2D eigenvalue weighted by atomic mass is 15.2. The summed E-state index contributed by atoms with van der Waals surface area (Å²) in [5.41, 5.74) is 2.79. The van der Waals surface area contributed by atoms with E-state index in [1.807, 2.05) is 0 Å². The fourth-order valence-electron chi connectivity index (χ4n) is 3.59. The van der Waals surface area contributed by atoms with Gasteiger partial charge in [-0.25, -0.2) is 0 Å². The van der Waals surface area contributed by atoms with E-state index < -0.39 is 0 Å². The Kier molecular flexibility index (Phi) is 5.83. The third-order valence-corrected chi connectivity index (χ3v) is 5.33. The highest BCUT2D eigenvalue weighted by Crippen LogP contribution is 2.31. The molecule has 0 saturated carbocycles. The molecule has 118 valence electrons. The zero-order valence-electron chi connectivity index (χ0n) is 14.4. The second-order valence-electron chi connectivity index (χ2n) is 6.77. The predicted octanol–water partition coefficient (Wildman–Crippen LogP) is 4.15. The lowest BCUT2D eigenvalue weighted by molar-refractivity contribution is 0.0525. The van der Waals surface area contributed by atoms with Crippen molar-refractivity contribution in [3.05, 3.63) is 35.4 Å². The fraction of sp³-hybridized carbons (Fsp3) is 0.684. The topological polar surface area (TPSA) is 15.3 Å². The molecule has 0 aliphatic carbocycles. The first-order chi connectivity index (χ1) is 10.0. The van der Waals surface area contributed by atoms with Crippen LogP contribution in [0.15, 0.2) is 24.3 Å². The highest BCUT2D eigenvalue weighted by Gasteiger charge is 2.34. The molecule has 2 rings (SSSR count). The fourth-order valence-corrected chi connectivity index (χ4v) is 3.59. The van der Waals surface area contributed by atoms with Crippen molar-refractivity contribution in [3.63, 3.8) is 0 Å². The Morgan fingerprint density at radius 1 is 1.24 bits per heavy atom. The molecule has 1 aliphatic heterocycles. The molecule has 2 nitrogen and oxygen atoms in total. The molecule has 0 spiro atoms. The molecule has 0 amide bonds. The molecule has 0 bridgehead atoms. The van der Waals surface area contributed by atoms with Crippen molar-refractivity contribution in [2.75, 3.05) is 13.1 Å². The normalized spacial score (nSPS) is 28.5. The summed E-state index contributed by atoms with van der Waals surface area (Å²) in [4.78, 5) is 2.68. The van der Waals surface area contributed by atoms with Crippen LogP contribution in [0.2, 0.25) is 0 Å². The Labute approximate surface area is 130 Å². The smallest absolute Gasteiger partial charge is 0.0322 e. The molecule has 21 heavy (non-hydrogen) atoms. The molecule has 1 fully saturated rings. The van der Waals surface area contributed by atoms with Crippen molar-refractivity contribution in [2.45, 2.75) is 65.6 Å². The second kappa shape index (κ2) is 7.42. The van der Waals surface area contributed by atoms with Crippen LogP contribution in [-0.2, 0) is 0 Å². The Morgan fingerprint density at radius 3 is 2.52 bits per heavy atom. The van der Waals surface area contributed by atoms with Crippen LogP contribution < -0.4 is 5.32 Å². The van der Waals surface area contributed by atoms with Crippen molar-refractivity contribution >= 4 is 0 Å². The molecule has 0 radical (unpaired) electrons. The van der Waals surface area contributed by atoms with Crippen LogP contribution in [0.5, 0.6) is 0 Å². The van der Waals surface area contributed by atoms with Gasteiger partial charge in [-0.05, 0) is 51.6 Å². The Morgan fingerprint density at radius 2 is 1.90 bits per heavy atom. The lowest BCUT2D eigenvalue weighted by Crippen LogP contribution is -2.53. The standard InChI is InChI=1S/C19H32N2/c1-6-12-20-19-11-13-21(16(4)15(19)3)17(5)18-9-7-14(2)8-10-18/h7-10,15-17,19-20H,6,11-13H2,1-5H3. The molecule has 1 aliphatic rings. The van der Waals surface area contributed by atoms with Gasteiger partial charge in [-0.15, -0.1) is 0 Å². The van der Waals surface area contributed by atoms with Crippen molar-refractivity contribution < 1.29 is 0 Å². The van der Waals surface area contributed by atoms with Crippen LogP contribution in [0.3, 0.4) is 0 Å². The van der Waals surface area contributed by atoms with Gasteiger partial charge in [-0.1, -0.05) is 43.7 Å². The number of hydrogen-bond acceptors (Lipinski definition) is 2. The molecule has 2 heteroatoms.